The number of nitrogens with one attached hydrogen (secondary N) is 1. The highest BCUT2D eigenvalue weighted by Crippen LogP contribution is 2.34. The van der Waals surface area contributed by atoms with Crippen LogP contribution in [0, 0.1) is 13.8 Å². The Morgan fingerprint density at radius 3 is 2.62 bits per heavy atom. The molecule has 0 fully saturated rings. The van der Waals surface area contributed by atoms with E-state index in [0.717, 1.165) is 23.2 Å². The molecule has 3 N–H and O–H groups in total. The lowest BCUT2D eigenvalue weighted by atomic mass is 9.89. The lowest BCUT2D eigenvalue weighted by Gasteiger charge is -2.25. The maximum atomic E-state index is 11.7. The summed E-state index contributed by atoms with van der Waals surface area (Å²) in [6.45, 7) is 4.14. The van der Waals surface area contributed by atoms with E-state index in [4.69, 9.17) is 5.73 Å². The SMILES string of the molecule is Cc1cc2c(c(C(N)c3ccccc3C)c1)NC(=O)CC2. The van der Waals surface area contributed by atoms with Crippen molar-refractivity contribution < 1.29 is 4.79 Å². The van der Waals surface area contributed by atoms with E-state index < -0.39 is 0 Å². The summed E-state index contributed by atoms with van der Waals surface area (Å²) in [5.74, 6) is 0.0737. The van der Waals surface area contributed by atoms with Gasteiger partial charge in [0.2, 0.25) is 5.91 Å². The van der Waals surface area contributed by atoms with E-state index in [0.29, 0.717) is 6.42 Å². The summed E-state index contributed by atoms with van der Waals surface area (Å²) in [6.07, 6.45) is 1.34. The smallest absolute Gasteiger partial charge is 0.224 e. The van der Waals surface area contributed by atoms with Crippen molar-refractivity contribution in [1.82, 2.24) is 0 Å². The normalized spacial score (nSPS) is 15.3. The number of rotatable bonds is 2. The number of carbonyl (C=O) groups is 1. The maximum absolute atomic E-state index is 11.7. The third-order valence-corrected chi connectivity index (χ3v) is 4.14. The molecule has 0 bridgehead atoms. The molecule has 2 aromatic rings. The number of nitrogens with two attached hydrogens (primary N) is 1. The summed E-state index contributed by atoms with van der Waals surface area (Å²) in [5, 5.41) is 3.01. The Labute approximate surface area is 125 Å². The van der Waals surface area contributed by atoms with Gasteiger partial charge in [0, 0.05) is 12.1 Å². The molecule has 3 heteroatoms. The predicted molar refractivity (Wildman–Crippen MR) is 85.3 cm³/mol. The molecule has 1 aliphatic rings. The minimum atomic E-state index is -0.224. The molecule has 1 aliphatic heterocycles. The third kappa shape index (κ3) is 2.57. The van der Waals surface area contributed by atoms with Gasteiger partial charge in [-0.05, 0) is 42.5 Å². The summed E-state index contributed by atoms with van der Waals surface area (Å²) in [4.78, 5) is 11.7. The topological polar surface area (TPSA) is 55.1 Å². The van der Waals surface area contributed by atoms with E-state index in [-0.39, 0.29) is 11.9 Å². The van der Waals surface area contributed by atoms with E-state index in [1.54, 1.807) is 0 Å². The summed E-state index contributed by atoms with van der Waals surface area (Å²) < 4.78 is 0. The van der Waals surface area contributed by atoms with Crippen molar-refractivity contribution in [3.63, 3.8) is 0 Å². The van der Waals surface area contributed by atoms with Crippen molar-refractivity contribution in [2.75, 3.05) is 5.32 Å². The van der Waals surface area contributed by atoms with Crippen molar-refractivity contribution >= 4 is 11.6 Å². The summed E-state index contributed by atoms with van der Waals surface area (Å²) in [6, 6.07) is 12.1. The number of carbonyl (C=O) groups excluding carboxylic acids is 1. The summed E-state index contributed by atoms with van der Waals surface area (Å²) >= 11 is 0. The lowest BCUT2D eigenvalue weighted by Crippen LogP contribution is -2.24. The molecule has 0 saturated heterocycles. The van der Waals surface area contributed by atoms with Crippen molar-refractivity contribution in [2.45, 2.75) is 32.7 Å². The van der Waals surface area contributed by atoms with Crippen molar-refractivity contribution in [3.05, 3.63) is 64.2 Å². The first-order valence-corrected chi connectivity index (χ1v) is 7.30. The van der Waals surface area contributed by atoms with Crippen molar-refractivity contribution in [2.24, 2.45) is 5.73 Å². The van der Waals surface area contributed by atoms with Crippen LogP contribution in [0.4, 0.5) is 5.69 Å². The van der Waals surface area contributed by atoms with E-state index in [1.165, 1.54) is 16.7 Å². The summed E-state index contributed by atoms with van der Waals surface area (Å²) in [7, 11) is 0. The Bertz CT molecular complexity index is 706. The van der Waals surface area contributed by atoms with Crippen molar-refractivity contribution in [3.8, 4) is 0 Å². The van der Waals surface area contributed by atoms with Gasteiger partial charge in [0.25, 0.3) is 0 Å². The highest BCUT2D eigenvalue weighted by atomic mass is 16.1. The molecule has 3 rings (SSSR count). The molecule has 0 radical (unpaired) electrons. The predicted octanol–water partition coefficient (Wildman–Crippen LogP) is 3.24. The first-order valence-electron chi connectivity index (χ1n) is 7.30. The van der Waals surface area contributed by atoms with Gasteiger partial charge < -0.3 is 11.1 Å². The lowest BCUT2D eigenvalue weighted by molar-refractivity contribution is -0.116. The number of anilines is 1. The average molecular weight is 280 g/mol. The molecule has 0 aliphatic carbocycles. The van der Waals surface area contributed by atoms with Gasteiger partial charge in [-0.1, -0.05) is 42.0 Å². The van der Waals surface area contributed by atoms with Crippen LogP contribution in [0.15, 0.2) is 36.4 Å². The Hall–Kier alpha value is -2.13. The number of amides is 1. The minimum absolute atomic E-state index is 0.0737. The second-order valence-corrected chi connectivity index (χ2v) is 5.77. The molecular formula is C18H20N2O. The highest BCUT2D eigenvalue weighted by molar-refractivity contribution is 5.95. The fourth-order valence-electron chi connectivity index (χ4n) is 3.04. The molecule has 0 saturated carbocycles. The first kappa shape index (κ1) is 13.8. The second-order valence-electron chi connectivity index (χ2n) is 5.77. The highest BCUT2D eigenvalue weighted by Gasteiger charge is 2.22. The summed E-state index contributed by atoms with van der Waals surface area (Å²) in [5.41, 5.74) is 13.1. The molecule has 2 aromatic carbocycles. The Kier molecular flexibility index (Phi) is 3.52. The quantitative estimate of drug-likeness (QED) is 0.887. The van der Waals surface area contributed by atoms with Gasteiger partial charge in [-0.3, -0.25) is 4.79 Å². The van der Waals surface area contributed by atoms with Gasteiger partial charge in [0.05, 0.1) is 6.04 Å². The zero-order chi connectivity index (χ0) is 15.0. The number of aryl methyl sites for hydroxylation is 3. The number of hydrogen-bond acceptors (Lipinski definition) is 2. The molecule has 1 amide bonds. The average Bonchev–Trinajstić information content (AvgIpc) is 2.47. The molecule has 1 atom stereocenters. The van der Waals surface area contributed by atoms with Gasteiger partial charge in [0.1, 0.15) is 0 Å². The van der Waals surface area contributed by atoms with Gasteiger partial charge in [0.15, 0.2) is 0 Å². The second kappa shape index (κ2) is 5.34. The van der Waals surface area contributed by atoms with Gasteiger partial charge in [-0.25, -0.2) is 0 Å². The van der Waals surface area contributed by atoms with E-state index >= 15 is 0 Å². The van der Waals surface area contributed by atoms with Crippen LogP contribution < -0.4 is 11.1 Å². The fourth-order valence-corrected chi connectivity index (χ4v) is 3.04. The van der Waals surface area contributed by atoms with Crippen LogP contribution in [-0.4, -0.2) is 5.91 Å². The molecule has 1 heterocycles. The van der Waals surface area contributed by atoms with E-state index in [2.05, 4.69) is 43.4 Å². The molecule has 3 nitrogen and oxygen atoms in total. The third-order valence-electron chi connectivity index (χ3n) is 4.14. The van der Waals surface area contributed by atoms with Gasteiger partial charge in [-0.2, -0.15) is 0 Å². The largest absolute Gasteiger partial charge is 0.326 e. The van der Waals surface area contributed by atoms with Crippen LogP contribution in [0.5, 0.6) is 0 Å². The Balaban J connectivity index is 2.12. The zero-order valence-electron chi connectivity index (χ0n) is 12.4. The Morgan fingerprint density at radius 2 is 1.86 bits per heavy atom. The molecule has 0 aromatic heterocycles. The molecule has 108 valence electrons. The van der Waals surface area contributed by atoms with E-state index in [9.17, 15) is 4.79 Å². The van der Waals surface area contributed by atoms with E-state index in [1.807, 2.05) is 12.1 Å². The van der Waals surface area contributed by atoms with Crippen LogP contribution >= 0.6 is 0 Å². The molecular weight excluding hydrogens is 260 g/mol. The monoisotopic (exact) mass is 280 g/mol. The van der Waals surface area contributed by atoms with Crippen LogP contribution in [0.3, 0.4) is 0 Å². The standard InChI is InChI=1S/C18H20N2O/c1-11-9-13-7-8-16(21)20-18(13)15(10-11)17(19)14-6-4-3-5-12(14)2/h3-6,9-10,17H,7-8,19H2,1-2H3,(H,20,21). The van der Waals surface area contributed by atoms with Crippen LogP contribution in [0.2, 0.25) is 0 Å². The number of hydrogen-bond donors (Lipinski definition) is 2. The maximum Gasteiger partial charge on any atom is 0.224 e. The van der Waals surface area contributed by atoms with Gasteiger partial charge >= 0.3 is 0 Å². The van der Waals surface area contributed by atoms with Crippen LogP contribution in [-0.2, 0) is 11.2 Å². The number of fused-ring (bicyclic) bond motifs is 1. The van der Waals surface area contributed by atoms with Crippen molar-refractivity contribution in [1.29, 1.82) is 0 Å². The Morgan fingerprint density at radius 1 is 1.10 bits per heavy atom. The molecule has 21 heavy (non-hydrogen) atoms. The number of benzene rings is 2. The zero-order valence-corrected chi connectivity index (χ0v) is 12.4. The first-order chi connectivity index (χ1) is 10.1. The minimum Gasteiger partial charge on any atom is -0.326 e. The fraction of sp³-hybridized carbons (Fsp3) is 0.278. The molecule has 0 spiro atoms. The van der Waals surface area contributed by atoms with Crippen LogP contribution in [0.1, 0.15) is 40.3 Å². The molecule has 1 unspecified atom stereocenters. The van der Waals surface area contributed by atoms with Gasteiger partial charge in [-0.15, -0.1) is 0 Å². The van der Waals surface area contributed by atoms with Crippen LogP contribution in [0.25, 0.3) is 0 Å².